The lowest BCUT2D eigenvalue weighted by Crippen LogP contribution is -2.10. The van der Waals surface area contributed by atoms with E-state index in [1.54, 1.807) is 24.3 Å². The lowest BCUT2D eigenvalue weighted by molar-refractivity contribution is 0.584. The highest BCUT2D eigenvalue weighted by Gasteiger charge is 2.18. The van der Waals surface area contributed by atoms with Crippen LogP contribution in [-0.2, 0) is 15.6 Å². The molecular formula is C11H9N5O2S. The summed E-state index contributed by atoms with van der Waals surface area (Å²) in [4.78, 5) is 0. The predicted molar refractivity (Wildman–Crippen MR) is 65.9 cm³/mol. The monoisotopic (exact) mass is 275 g/mol. The Morgan fingerprint density at radius 2 is 1.84 bits per heavy atom. The maximum absolute atomic E-state index is 12.2. The van der Waals surface area contributed by atoms with Gasteiger partial charge in [-0.2, -0.15) is 0 Å². The Balaban J connectivity index is 1.99. The van der Waals surface area contributed by atoms with Crippen molar-refractivity contribution in [3.05, 3.63) is 48.0 Å². The summed E-state index contributed by atoms with van der Waals surface area (Å²) in [7, 11) is -3.51. The van der Waals surface area contributed by atoms with E-state index in [-0.39, 0.29) is 10.8 Å². The SMILES string of the molecule is O=S(=O)(Cc1ccccc1)c1ccc2nnnn2n1. The van der Waals surface area contributed by atoms with Gasteiger partial charge in [0.05, 0.1) is 5.75 Å². The van der Waals surface area contributed by atoms with Gasteiger partial charge in [0.25, 0.3) is 0 Å². The van der Waals surface area contributed by atoms with Crippen LogP contribution >= 0.6 is 0 Å². The molecular weight excluding hydrogens is 266 g/mol. The van der Waals surface area contributed by atoms with E-state index in [9.17, 15) is 8.42 Å². The van der Waals surface area contributed by atoms with Gasteiger partial charge >= 0.3 is 0 Å². The quantitative estimate of drug-likeness (QED) is 0.691. The maximum atomic E-state index is 12.2. The van der Waals surface area contributed by atoms with Crippen molar-refractivity contribution in [1.29, 1.82) is 0 Å². The molecule has 2 aromatic heterocycles. The van der Waals surface area contributed by atoms with Crippen molar-refractivity contribution in [2.24, 2.45) is 0 Å². The Morgan fingerprint density at radius 3 is 2.63 bits per heavy atom. The highest BCUT2D eigenvalue weighted by molar-refractivity contribution is 7.90. The summed E-state index contributed by atoms with van der Waals surface area (Å²) in [6.45, 7) is 0. The molecule has 1 aromatic carbocycles. The van der Waals surface area contributed by atoms with Crippen LogP contribution in [-0.4, -0.2) is 33.7 Å². The van der Waals surface area contributed by atoms with Crippen LogP contribution in [0.5, 0.6) is 0 Å². The molecule has 3 aromatic rings. The topological polar surface area (TPSA) is 90.1 Å². The van der Waals surface area contributed by atoms with Crippen molar-refractivity contribution in [3.8, 4) is 0 Å². The molecule has 0 fully saturated rings. The summed E-state index contributed by atoms with van der Waals surface area (Å²) in [6, 6.07) is 11.9. The Morgan fingerprint density at radius 1 is 1.05 bits per heavy atom. The number of sulfone groups is 1. The minimum Gasteiger partial charge on any atom is -0.222 e. The van der Waals surface area contributed by atoms with Gasteiger partial charge in [0.15, 0.2) is 10.7 Å². The minimum absolute atomic E-state index is 0.0452. The average molecular weight is 275 g/mol. The standard InChI is InChI=1S/C11H9N5O2S/c17-19(18,8-9-4-2-1-3-5-9)11-7-6-10-12-14-15-16(10)13-11/h1-7H,8H2. The fourth-order valence-electron chi connectivity index (χ4n) is 1.67. The lowest BCUT2D eigenvalue weighted by atomic mass is 10.2. The number of tetrazole rings is 1. The number of hydrogen-bond donors (Lipinski definition) is 0. The molecule has 0 radical (unpaired) electrons. The van der Waals surface area contributed by atoms with E-state index in [2.05, 4.69) is 20.6 Å². The lowest BCUT2D eigenvalue weighted by Gasteiger charge is -2.03. The summed E-state index contributed by atoms with van der Waals surface area (Å²) in [5.74, 6) is -0.103. The number of benzene rings is 1. The van der Waals surface area contributed by atoms with Crippen molar-refractivity contribution in [3.63, 3.8) is 0 Å². The first-order chi connectivity index (χ1) is 9.15. The largest absolute Gasteiger partial charge is 0.222 e. The molecule has 96 valence electrons. The number of nitrogens with zero attached hydrogens (tertiary/aromatic N) is 5. The van der Waals surface area contributed by atoms with Gasteiger partial charge in [-0.15, -0.1) is 14.8 Å². The van der Waals surface area contributed by atoms with Crippen molar-refractivity contribution in [2.45, 2.75) is 10.8 Å². The van der Waals surface area contributed by atoms with Crippen LogP contribution in [0.2, 0.25) is 0 Å². The van der Waals surface area contributed by atoms with Crippen LogP contribution in [0.15, 0.2) is 47.5 Å². The van der Waals surface area contributed by atoms with Crippen LogP contribution in [0.25, 0.3) is 5.65 Å². The van der Waals surface area contributed by atoms with Gasteiger partial charge in [0, 0.05) is 0 Å². The second-order valence-electron chi connectivity index (χ2n) is 3.94. The molecule has 0 amide bonds. The third kappa shape index (κ3) is 2.29. The highest BCUT2D eigenvalue weighted by atomic mass is 32.2. The Hall–Kier alpha value is -2.35. The second-order valence-corrected chi connectivity index (χ2v) is 5.88. The zero-order chi connectivity index (χ0) is 13.3. The molecule has 0 saturated heterocycles. The minimum atomic E-state index is -3.51. The Bertz CT molecular complexity index is 813. The van der Waals surface area contributed by atoms with Gasteiger partial charge in [0.2, 0.25) is 9.84 Å². The maximum Gasteiger partial charge on any atom is 0.201 e. The van der Waals surface area contributed by atoms with Crippen LogP contribution in [0.1, 0.15) is 5.56 Å². The molecule has 0 unspecified atom stereocenters. The van der Waals surface area contributed by atoms with E-state index in [4.69, 9.17) is 0 Å². The Labute approximate surface area is 108 Å². The third-order valence-electron chi connectivity index (χ3n) is 2.56. The molecule has 3 rings (SSSR count). The van der Waals surface area contributed by atoms with Crippen LogP contribution in [0.4, 0.5) is 0 Å². The molecule has 0 aliphatic rings. The van der Waals surface area contributed by atoms with Crippen molar-refractivity contribution in [2.75, 3.05) is 0 Å². The van der Waals surface area contributed by atoms with E-state index >= 15 is 0 Å². The zero-order valence-electron chi connectivity index (χ0n) is 9.71. The molecule has 0 spiro atoms. The summed E-state index contributed by atoms with van der Waals surface area (Å²) in [5.41, 5.74) is 1.11. The third-order valence-corrected chi connectivity index (χ3v) is 4.13. The van der Waals surface area contributed by atoms with Crippen molar-refractivity contribution < 1.29 is 8.42 Å². The van der Waals surface area contributed by atoms with Crippen molar-refractivity contribution in [1.82, 2.24) is 25.3 Å². The molecule has 19 heavy (non-hydrogen) atoms. The van der Waals surface area contributed by atoms with Gasteiger partial charge in [-0.05, 0) is 28.1 Å². The molecule has 0 atom stereocenters. The van der Waals surface area contributed by atoms with E-state index in [0.29, 0.717) is 11.2 Å². The Kier molecular flexibility index (Phi) is 2.71. The molecule has 0 aliphatic heterocycles. The van der Waals surface area contributed by atoms with Gasteiger partial charge in [-0.25, -0.2) is 8.42 Å². The smallest absolute Gasteiger partial charge is 0.201 e. The molecule has 8 heteroatoms. The zero-order valence-corrected chi connectivity index (χ0v) is 10.5. The first kappa shape index (κ1) is 11.7. The first-order valence-electron chi connectivity index (χ1n) is 5.47. The van der Waals surface area contributed by atoms with E-state index in [1.165, 1.54) is 12.1 Å². The molecule has 0 aliphatic carbocycles. The summed E-state index contributed by atoms with van der Waals surface area (Å²) in [6.07, 6.45) is 0. The summed E-state index contributed by atoms with van der Waals surface area (Å²) in [5, 5.41) is 14.5. The number of fused-ring (bicyclic) bond motifs is 1. The van der Waals surface area contributed by atoms with Gasteiger partial charge < -0.3 is 0 Å². The van der Waals surface area contributed by atoms with Crippen LogP contribution in [0.3, 0.4) is 0 Å². The highest BCUT2D eigenvalue weighted by Crippen LogP contribution is 2.14. The molecule has 7 nitrogen and oxygen atoms in total. The normalized spacial score (nSPS) is 11.8. The van der Waals surface area contributed by atoms with Crippen LogP contribution < -0.4 is 0 Å². The fraction of sp³-hybridized carbons (Fsp3) is 0.0909. The average Bonchev–Trinajstić information content (AvgIpc) is 2.86. The fourth-order valence-corrected chi connectivity index (χ4v) is 2.92. The molecule has 0 N–H and O–H groups in total. The van der Waals surface area contributed by atoms with E-state index in [0.717, 1.165) is 4.63 Å². The predicted octanol–water partition coefficient (Wildman–Crippen LogP) is 0.493. The van der Waals surface area contributed by atoms with Gasteiger partial charge in [-0.1, -0.05) is 30.3 Å². The second kappa shape index (κ2) is 4.39. The summed E-state index contributed by atoms with van der Waals surface area (Å²) >= 11 is 0. The molecule has 0 bridgehead atoms. The first-order valence-corrected chi connectivity index (χ1v) is 7.12. The molecule has 0 saturated carbocycles. The van der Waals surface area contributed by atoms with Gasteiger partial charge in [-0.3, -0.25) is 0 Å². The van der Waals surface area contributed by atoms with E-state index in [1.807, 2.05) is 6.07 Å². The van der Waals surface area contributed by atoms with Gasteiger partial charge in [0.1, 0.15) is 0 Å². The number of hydrogen-bond acceptors (Lipinski definition) is 6. The molecule has 2 heterocycles. The van der Waals surface area contributed by atoms with Crippen LogP contribution in [0, 0.1) is 0 Å². The van der Waals surface area contributed by atoms with Crippen molar-refractivity contribution >= 4 is 15.5 Å². The number of rotatable bonds is 3. The summed E-state index contributed by atoms with van der Waals surface area (Å²) < 4.78 is 25.5. The number of aromatic nitrogens is 5. The van der Waals surface area contributed by atoms with E-state index < -0.39 is 9.84 Å².